The van der Waals surface area contributed by atoms with Crippen LogP contribution in [0.15, 0.2) is 42.5 Å². The minimum atomic E-state index is -4.55. The van der Waals surface area contributed by atoms with E-state index >= 15 is 0 Å². The molecule has 27 heavy (non-hydrogen) atoms. The standard InChI is InChI=1S/C19H16ClF3N2O2/c1-11-3-2-4-14(7-11)24-18(27)12-8-17(26)25(10-12)16-9-13(19(21,22)23)5-6-15(16)20/h2-7,9,12H,8,10H2,1H3,(H,24,27). The molecule has 2 aromatic rings. The number of carbonyl (C=O) groups excluding carboxylic acids is 2. The zero-order chi connectivity index (χ0) is 19.8. The molecule has 1 N–H and O–H groups in total. The topological polar surface area (TPSA) is 49.4 Å². The van der Waals surface area contributed by atoms with Crippen molar-refractivity contribution in [1.82, 2.24) is 0 Å². The number of amides is 2. The van der Waals surface area contributed by atoms with Crippen molar-refractivity contribution >= 4 is 34.8 Å². The Hall–Kier alpha value is -2.54. The van der Waals surface area contributed by atoms with Crippen LogP contribution in [-0.4, -0.2) is 18.4 Å². The molecule has 1 unspecified atom stereocenters. The van der Waals surface area contributed by atoms with Crippen molar-refractivity contribution in [2.75, 3.05) is 16.8 Å². The van der Waals surface area contributed by atoms with Crippen LogP contribution in [-0.2, 0) is 15.8 Å². The molecule has 0 saturated carbocycles. The fourth-order valence-corrected chi connectivity index (χ4v) is 3.20. The number of halogens is 4. The summed E-state index contributed by atoms with van der Waals surface area (Å²) in [5, 5.41) is 2.76. The molecule has 2 aromatic carbocycles. The largest absolute Gasteiger partial charge is 0.416 e. The molecule has 1 atom stereocenters. The molecule has 8 heteroatoms. The fraction of sp³-hybridized carbons (Fsp3) is 0.263. The summed E-state index contributed by atoms with van der Waals surface area (Å²) in [7, 11) is 0. The number of hydrogen-bond acceptors (Lipinski definition) is 2. The molecule has 142 valence electrons. The summed E-state index contributed by atoms with van der Waals surface area (Å²) in [6.45, 7) is 1.85. The highest BCUT2D eigenvalue weighted by atomic mass is 35.5. The molecule has 3 rings (SSSR count). The highest BCUT2D eigenvalue weighted by Gasteiger charge is 2.38. The first-order valence-corrected chi connectivity index (χ1v) is 8.57. The first-order valence-electron chi connectivity index (χ1n) is 8.20. The van der Waals surface area contributed by atoms with E-state index in [2.05, 4.69) is 5.32 Å². The molecule has 1 fully saturated rings. The number of benzene rings is 2. The second-order valence-electron chi connectivity index (χ2n) is 6.43. The van der Waals surface area contributed by atoms with Gasteiger partial charge in [-0.25, -0.2) is 0 Å². The van der Waals surface area contributed by atoms with Crippen molar-refractivity contribution in [2.24, 2.45) is 5.92 Å². The lowest BCUT2D eigenvalue weighted by Gasteiger charge is -2.20. The van der Waals surface area contributed by atoms with Gasteiger partial charge in [0.25, 0.3) is 0 Å². The second-order valence-corrected chi connectivity index (χ2v) is 6.84. The van der Waals surface area contributed by atoms with Gasteiger partial charge in [-0.2, -0.15) is 13.2 Å². The van der Waals surface area contributed by atoms with Crippen LogP contribution in [0.5, 0.6) is 0 Å². The van der Waals surface area contributed by atoms with Crippen molar-refractivity contribution in [1.29, 1.82) is 0 Å². The summed E-state index contributed by atoms with van der Waals surface area (Å²) < 4.78 is 38.9. The summed E-state index contributed by atoms with van der Waals surface area (Å²) in [6.07, 6.45) is -4.64. The predicted octanol–water partition coefficient (Wildman–Crippen LogP) is 4.66. The van der Waals surface area contributed by atoms with Gasteiger partial charge in [0.05, 0.1) is 22.2 Å². The molecule has 0 aromatic heterocycles. The molecule has 0 radical (unpaired) electrons. The van der Waals surface area contributed by atoms with Crippen molar-refractivity contribution in [3.63, 3.8) is 0 Å². The normalized spacial score (nSPS) is 17.3. The van der Waals surface area contributed by atoms with Gasteiger partial charge in [0.15, 0.2) is 0 Å². The Morgan fingerprint density at radius 3 is 2.63 bits per heavy atom. The number of hydrogen-bond donors (Lipinski definition) is 1. The van der Waals surface area contributed by atoms with Gasteiger partial charge in [-0.05, 0) is 42.8 Å². The molecule has 0 bridgehead atoms. The average Bonchev–Trinajstić information content (AvgIpc) is 2.96. The summed E-state index contributed by atoms with van der Waals surface area (Å²) in [6, 6.07) is 9.98. The number of rotatable bonds is 3. The Morgan fingerprint density at radius 2 is 1.96 bits per heavy atom. The Bertz CT molecular complexity index is 899. The van der Waals surface area contributed by atoms with E-state index in [0.29, 0.717) is 5.69 Å². The third-order valence-corrected chi connectivity index (χ3v) is 4.67. The van der Waals surface area contributed by atoms with Gasteiger partial charge in [0.2, 0.25) is 11.8 Å². The summed E-state index contributed by atoms with van der Waals surface area (Å²) in [5.74, 6) is -1.48. The highest BCUT2D eigenvalue weighted by Crippen LogP contribution is 2.37. The number of nitrogens with zero attached hydrogens (tertiary/aromatic N) is 1. The van der Waals surface area contributed by atoms with Gasteiger partial charge in [-0.15, -0.1) is 0 Å². The predicted molar refractivity (Wildman–Crippen MR) is 96.7 cm³/mol. The number of anilines is 2. The lowest BCUT2D eigenvalue weighted by molar-refractivity contribution is -0.137. The van der Waals surface area contributed by atoms with Crippen LogP contribution < -0.4 is 10.2 Å². The van der Waals surface area contributed by atoms with Crippen LogP contribution in [0.25, 0.3) is 0 Å². The number of carbonyl (C=O) groups is 2. The molecule has 0 spiro atoms. The zero-order valence-electron chi connectivity index (χ0n) is 14.3. The van der Waals surface area contributed by atoms with E-state index in [9.17, 15) is 22.8 Å². The van der Waals surface area contributed by atoms with E-state index < -0.39 is 23.6 Å². The lowest BCUT2D eigenvalue weighted by Crippen LogP contribution is -2.28. The minimum absolute atomic E-state index is 0.0242. The van der Waals surface area contributed by atoms with Crippen LogP contribution in [0.2, 0.25) is 5.02 Å². The molecule has 1 saturated heterocycles. The van der Waals surface area contributed by atoms with Gasteiger partial charge in [0.1, 0.15) is 0 Å². The van der Waals surface area contributed by atoms with E-state index in [1.54, 1.807) is 18.2 Å². The van der Waals surface area contributed by atoms with E-state index in [-0.39, 0.29) is 29.6 Å². The Morgan fingerprint density at radius 1 is 1.22 bits per heavy atom. The van der Waals surface area contributed by atoms with Gasteiger partial charge >= 0.3 is 6.18 Å². The summed E-state index contributed by atoms with van der Waals surface area (Å²) >= 11 is 6.00. The first kappa shape index (κ1) is 19.2. The minimum Gasteiger partial charge on any atom is -0.326 e. The van der Waals surface area contributed by atoms with Crippen LogP contribution in [0.3, 0.4) is 0 Å². The van der Waals surface area contributed by atoms with E-state index in [1.165, 1.54) is 0 Å². The quantitative estimate of drug-likeness (QED) is 0.820. The average molecular weight is 397 g/mol. The van der Waals surface area contributed by atoms with Crippen LogP contribution in [0.4, 0.5) is 24.5 Å². The molecule has 1 heterocycles. The molecule has 2 amide bonds. The molecule has 1 aliphatic rings. The van der Waals surface area contributed by atoms with Crippen LogP contribution in [0.1, 0.15) is 17.5 Å². The van der Waals surface area contributed by atoms with Gasteiger partial charge in [-0.1, -0.05) is 23.7 Å². The third-order valence-electron chi connectivity index (χ3n) is 4.35. The van der Waals surface area contributed by atoms with Gasteiger partial charge in [-0.3, -0.25) is 9.59 Å². The lowest BCUT2D eigenvalue weighted by atomic mass is 10.1. The maximum absolute atomic E-state index is 13.0. The summed E-state index contributed by atoms with van der Waals surface area (Å²) in [4.78, 5) is 25.9. The number of nitrogens with one attached hydrogen (secondary N) is 1. The molecular formula is C19H16ClF3N2O2. The van der Waals surface area contributed by atoms with Crippen molar-refractivity contribution < 1.29 is 22.8 Å². The zero-order valence-corrected chi connectivity index (χ0v) is 15.1. The van der Waals surface area contributed by atoms with E-state index in [4.69, 9.17) is 11.6 Å². The van der Waals surface area contributed by atoms with Gasteiger partial charge in [0, 0.05) is 18.7 Å². The Labute approximate surface area is 158 Å². The monoisotopic (exact) mass is 396 g/mol. The fourth-order valence-electron chi connectivity index (χ4n) is 2.98. The molecule has 4 nitrogen and oxygen atoms in total. The first-order chi connectivity index (χ1) is 12.6. The molecule has 1 aliphatic heterocycles. The SMILES string of the molecule is Cc1cccc(NC(=O)C2CC(=O)N(c3cc(C(F)(F)F)ccc3Cl)C2)c1. The smallest absolute Gasteiger partial charge is 0.326 e. The number of alkyl halides is 3. The van der Waals surface area contributed by atoms with E-state index in [0.717, 1.165) is 28.7 Å². The Balaban J connectivity index is 1.78. The van der Waals surface area contributed by atoms with E-state index in [1.807, 2.05) is 13.0 Å². The van der Waals surface area contributed by atoms with Crippen LogP contribution in [0, 0.1) is 12.8 Å². The van der Waals surface area contributed by atoms with Crippen molar-refractivity contribution in [3.05, 3.63) is 58.6 Å². The van der Waals surface area contributed by atoms with Crippen LogP contribution >= 0.6 is 11.6 Å². The third kappa shape index (κ3) is 4.24. The second kappa shape index (κ2) is 7.23. The number of aryl methyl sites for hydroxylation is 1. The Kier molecular flexibility index (Phi) is 5.15. The highest BCUT2D eigenvalue weighted by molar-refractivity contribution is 6.34. The molecular weight excluding hydrogens is 381 g/mol. The maximum atomic E-state index is 13.0. The summed E-state index contributed by atoms with van der Waals surface area (Å²) in [5.41, 5.74) is 0.625. The molecule has 0 aliphatic carbocycles. The van der Waals surface area contributed by atoms with Crippen molar-refractivity contribution in [2.45, 2.75) is 19.5 Å². The van der Waals surface area contributed by atoms with Crippen molar-refractivity contribution in [3.8, 4) is 0 Å². The maximum Gasteiger partial charge on any atom is 0.416 e. The van der Waals surface area contributed by atoms with Gasteiger partial charge < -0.3 is 10.2 Å².